The molecule has 0 bridgehead atoms. The van der Waals surface area contributed by atoms with Crippen LogP contribution in [0.2, 0.25) is 5.02 Å². The predicted octanol–water partition coefficient (Wildman–Crippen LogP) is 2.46. The van der Waals surface area contributed by atoms with Gasteiger partial charge >= 0.3 is 0 Å². The van der Waals surface area contributed by atoms with E-state index in [0.717, 1.165) is 28.4 Å². The van der Waals surface area contributed by atoms with Crippen LogP contribution in [-0.2, 0) is 16.6 Å². The van der Waals surface area contributed by atoms with Crippen LogP contribution < -0.4 is 15.0 Å². The van der Waals surface area contributed by atoms with Crippen molar-refractivity contribution in [2.75, 3.05) is 13.7 Å². The van der Waals surface area contributed by atoms with Crippen LogP contribution in [0.3, 0.4) is 0 Å². The van der Waals surface area contributed by atoms with Crippen molar-refractivity contribution in [3.8, 4) is 17.0 Å². The van der Waals surface area contributed by atoms with Crippen molar-refractivity contribution in [1.29, 1.82) is 0 Å². The number of hydrogen-bond donors (Lipinski definition) is 1. The maximum atomic E-state index is 12.5. The fourth-order valence-electron chi connectivity index (χ4n) is 2.70. The van der Waals surface area contributed by atoms with Gasteiger partial charge in [-0.1, -0.05) is 11.6 Å². The smallest absolute Gasteiger partial charge is 0.270 e. The van der Waals surface area contributed by atoms with Gasteiger partial charge < -0.3 is 4.74 Å². The van der Waals surface area contributed by atoms with Gasteiger partial charge in [-0.3, -0.25) is 14.9 Å². The number of aromatic nitrogens is 2. The summed E-state index contributed by atoms with van der Waals surface area (Å²) < 4.78 is 33.5. The van der Waals surface area contributed by atoms with E-state index in [-0.39, 0.29) is 18.1 Å². The molecule has 0 aliphatic heterocycles. The summed E-state index contributed by atoms with van der Waals surface area (Å²) in [7, 11) is -2.59. The highest BCUT2D eigenvalue weighted by atomic mass is 35.5. The van der Waals surface area contributed by atoms with Crippen LogP contribution in [0.1, 0.15) is 0 Å². The molecule has 10 nitrogen and oxygen atoms in total. The SMILES string of the molecule is COc1ccc(-c2ccc(=O)n(CCNS(=O)(=O)c3cc([N+](=O)[O-])ccc3Cl)n2)cc1. The second-order valence-corrected chi connectivity index (χ2v) is 8.42. The summed E-state index contributed by atoms with van der Waals surface area (Å²) in [5.74, 6) is 0.672. The fraction of sp³-hybridized carbons (Fsp3) is 0.158. The van der Waals surface area contributed by atoms with Crippen LogP contribution in [0.5, 0.6) is 5.75 Å². The van der Waals surface area contributed by atoms with E-state index in [1.54, 1.807) is 37.4 Å². The van der Waals surface area contributed by atoms with Crippen LogP contribution in [0, 0.1) is 10.1 Å². The van der Waals surface area contributed by atoms with Crippen molar-refractivity contribution in [2.45, 2.75) is 11.4 Å². The average Bonchev–Trinajstić information content (AvgIpc) is 2.75. The van der Waals surface area contributed by atoms with Gasteiger partial charge in [0.15, 0.2) is 0 Å². The quantitative estimate of drug-likeness (QED) is 0.399. The molecule has 0 aliphatic rings. The molecule has 3 rings (SSSR count). The first-order valence-corrected chi connectivity index (χ1v) is 10.7. The van der Waals surface area contributed by atoms with Crippen molar-refractivity contribution in [3.63, 3.8) is 0 Å². The van der Waals surface area contributed by atoms with Gasteiger partial charge in [0, 0.05) is 30.3 Å². The molecule has 0 fully saturated rings. The van der Waals surface area contributed by atoms with Crippen molar-refractivity contribution in [1.82, 2.24) is 14.5 Å². The Bertz CT molecular complexity index is 1280. The minimum atomic E-state index is -4.14. The topological polar surface area (TPSA) is 133 Å². The molecule has 1 N–H and O–H groups in total. The largest absolute Gasteiger partial charge is 0.497 e. The Hall–Kier alpha value is -3.28. The fourth-order valence-corrected chi connectivity index (χ4v) is 4.24. The first kappa shape index (κ1) is 22.4. The van der Waals surface area contributed by atoms with Gasteiger partial charge in [0.05, 0.1) is 29.3 Å². The first-order chi connectivity index (χ1) is 14.7. The number of benzene rings is 2. The second-order valence-electron chi connectivity index (χ2n) is 6.28. The number of nitro groups is 1. The molecule has 0 radical (unpaired) electrons. The van der Waals surface area contributed by atoms with Crippen LogP contribution in [0.25, 0.3) is 11.3 Å². The van der Waals surface area contributed by atoms with Gasteiger partial charge in [-0.15, -0.1) is 0 Å². The van der Waals surface area contributed by atoms with Gasteiger partial charge in [0.1, 0.15) is 10.6 Å². The van der Waals surface area contributed by atoms with E-state index in [0.29, 0.717) is 11.4 Å². The van der Waals surface area contributed by atoms with Crippen molar-refractivity contribution in [3.05, 3.63) is 80.1 Å². The summed E-state index contributed by atoms with van der Waals surface area (Å²) in [6.45, 7) is -0.241. The lowest BCUT2D eigenvalue weighted by molar-refractivity contribution is -0.385. The summed E-state index contributed by atoms with van der Waals surface area (Å²) in [6.07, 6.45) is 0. The maximum Gasteiger partial charge on any atom is 0.270 e. The third-order valence-corrected chi connectivity index (χ3v) is 6.23. The number of nitrogens with zero attached hydrogens (tertiary/aromatic N) is 3. The first-order valence-electron chi connectivity index (χ1n) is 8.87. The molecule has 162 valence electrons. The molecule has 0 aliphatic carbocycles. The van der Waals surface area contributed by atoms with Gasteiger partial charge in [-0.25, -0.2) is 17.8 Å². The van der Waals surface area contributed by atoms with E-state index in [1.807, 2.05) is 0 Å². The number of halogens is 1. The summed E-state index contributed by atoms with van der Waals surface area (Å²) in [4.78, 5) is 21.9. The number of hydrogen-bond acceptors (Lipinski definition) is 7. The third kappa shape index (κ3) is 5.26. The monoisotopic (exact) mass is 464 g/mol. The third-order valence-electron chi connectivity index (χ3n) is 4.28. The molecule has 0 saturated carbocycles. The molecule has 0 unspecified atom stereocenters. The zero-order chi connectivity index (χ0) is 22.6. The molecule has 3 aromatic rings. The molecule has 0 amide bonds. The Morgan fingerprint density at radius 2 is 1.87 bits per heavy atom. The Labute approximate surface area is 182 Å². The molecule has 1 heterocycles. The van der Waals surface area contributed by atoms with Crippen molar-refractivity contribution >= 4 is 27.3 Å². The van der Waals surface area contributed by atoms with E-state index in [4.69, 9.17) is 16.3 Å². The van der Waals surface area contributed by atoms with E-state index >= 15 is 0 Å². The minimum Gasteiger partial charge on any atom is -0.497 e. The number of methoxy groups -OCH3 is 1. The average molecular weight is 465 g/mol. The zero-order valence-corrected chi connectivity index (χ0v) is 17.8. The highest BCUT2D eigenvalue weighted by Crippen LogP contribution is 2.26. The van der Waals surface area contributed by atoms with Crippen LogP contribution >= 0.6 is 11.6 Å². The van der Waals surface area contributed by atoms with Gasteiger partial charge in [0.2, 0.25) is 10.0 Å². The summed E-state index contributed by atoms with van der Waals surface area (Å²) in [5.41, 5.74) is 0.449. The Balaban J connectivity index is 1.76. The molecule has 31 heavy (non-hydrogen) atoms. The second kappa shape index (κ2) is 9.25. The van der Waals surface area contributed by atoms with Gasteiger partial charge in [0.25, 0.3) is 11.2 Å². The van der Waals surface area contributed by atoms with Crippen molar-refractivity contribution in [2.24, 2.45) is 0 Å². The highest BCUT2D eigenvalue weighted by molar-refractivity contribution is 7.89. The van der Waals surface area contributed by atoms with Crippen LogP contribution in [-0.4, -0.2) is 36.8 Å². The summed E-state index contributed by atoms with van der Waals surface area (Å²) in [6, 6.07) is 13.1. The zero-order valence-electron chi connectivity index (χ0n) is 16.2. The molecule has 0 atom stereocenters. The number of sulfonamides is 1. The molecule has 0 spiro atoms. The van der Waals surface area contributed by atoms with E-state index in [1.165, 1.54) is 6.07 Å². The highest BCUT2D eigenvalue weighted by Gasteiger charge is 2.21. The van der Waals surface area contributed by atoms with Gasteiger partial charge in [-0.2, -0.15) is 5.10 Å². The number of non-ortho nitro benzene ring substituents is 1. The summed E-state index contributed by atoms with van der Waals surface area (Å²) in [5, 5.41) is 15.0. The van der Waals surface area contributed by atoms with Crippen LogP contribution in [0.15, 0.2) is 64.3 Å². The molecule has 0 saturated heterocycles. The number of ether oxygens (including phenoxy) is 1. The molecule has 12 heteroatoms. The van der Waals surface area contributed by atoms with Crippen LogP contribution in [0.4, 0.5) is 5.69 Å². The standard InChI is InChI=1S/C19H17ClN4O6S/c1-30-15-5-2-13(3-6-15)17-8-9-19(25)23(22-17)11-10-21-31(28,29)18-12-14(24(26)27)4-7-16(18)20/h2-9,12,21H,10-11H2,1H3. The van der Waals surface area contributed by atoms with E-state index < -0.39 is 31.1 Å². The lowest BCUT2D eigenvalue weighted by atomic mass is 10.1. The normalized spacial score (nSPS) is 11.3. The predicted molar refractivity (Wildman–Crippen MR) is 114 cm³/mol. The molecule has 2 aromatic carbocycles. The number of rotatable bonds is 8. The molecular formula is C19H17ClN4O6S. The number of nitro benzene ring substituents is 1. The molecule has 1 aromatic heterocycles. The number of nitrogens with one attached hydrogen (secondary N) is 1. The van der Waals surface area contributed by atoms with Gasteiger partial charge in [-0.05, 0) is 36.4 Å². The Morgan fingerprint density at radius 3 is 2.52 bits per heavy atom. The Kier molecular flexibility index (Phi) is 6.68. The lowest BCUT2D eigenvalue weighted by Gasteiger charge is -2.10. The maximum absolute atomic E-state index is 12.5. The Morgan fingerprint density at radius 1 is 1.16 bits per heavy atom. The van der Waals surface area contributed by atoms with E-state index in [9.17, 15) is 23.3 Å². The van der Waals surface area contributed by atoms with E-state index in [2.05, 4.69) is 9.82 Å². The molecular weight excluding hydrogens is 448 g/mol. The lowest BCUT2D eigenvalue weighted by Crippen LogP contribution is -2.32. The van der Waals surface area contributed by atoms with Crippen molar-refractivity contribution < 1.29 is 18.1 Å². The summed E-state index contributed by atoms with van der Waals surface area (Å²) >= 11 is 5.90. The minimum absolute atomic E-state index is 0.0609.